The maximum atomic E-state index is 6.13. The van der Waals surface area contributed by atoms with Gasteiger partial charge < -0.3 is 14.8 Å². The van der Waals surface area contributed by atoms with Crippen molar-refractivity contribution >= 4 is 11.6 Å². The quantitative estimate of drug-likeness (QED) is 0.700. The van der Waals surface area contributed by atoms with Crippen LogP contribution < -0.4 is 10.1 Å². The molecule has 0 aliphatic heterocycles. The molecule has 0 spiro atoms. The third kappa shape index (κ3) is 5.25. The van der Waals surface area contributed by atoms with Gasteiger partial charge in [-0.25, -0.2) is 0 Å². The van der Waals surface area contributed by atoms with Gasteiger partial charge in [-0.05, 0) is 19.5 Å². The van der Waals surface area contributed by atoms with Crippen molar-refractivity contribution < 1.29 is 9.47 Å². The zero-order valence-electron chi connectivity index (χ0n) is 11.2. The Morgan fingerprint density at radius 2 is 2.06 bits per heavy atom. The topological polar surface area (TPSA) is 30.5 Å². The summed E-state index contributed by atoms with van der Waals surface area (Å²) >= 11 is 6.13. The number of unbranched alkanes of at least 4 members (excludes halogenated alkanes) is 1. The molecule has 0 atom stereocenters. The van der Waals surface area contributed by atoms with Crippen molar-refractivity contribution in [2.75, 3.05) is 26.9 Å². The summed E-state index contributed by atoms with van der Waals surface area (Å²) in [5.74, 6) is 0.757. The van der Waals surface area contributed by atoms with Gasteiger partial charge in [0.15, 0.2) is 0 Å². The molecule has 0 aromatic heterocycles. The lowest BCUT2D eigenvalue weighted by Crippen LogP contribution is -2.11. The summed E-state index contributed by atoms with van der Waals surface area (Å²) in [7, 11) is 1.90. The Labute approximate surface area is 114 Å². The minimum absolute atomic E-state index is 0.532. The van der Waals surface area contributed by atoms with E-state index in [9.17, 15) is 0 Å². The van der Waals surface area contributed by atoms with E-state index in [4.69, 9.17) is 21.1 Å². The third-order valence-corrected chi connectivity index (χ3v) is 2.83. The smallest absolute Gasteiger partial charge is 0.142 e. The second kappa shape index (κ2) is 9.20. The first-order valence-corrected chi connectivity index (χ1v) is 6.80. The molecule has 0 amide bonds. The van der Waals surface area contributed by atoms with Crippen LogP contribution in [0.25, 0.3) is 0 Å². The number of ether oxygens (including phenoxy) is 2. The number of halogens is 1. The predicted octanol–water partition coefficient (Wildman–Crippen LogP) is 3.25. The van der Waals surface area contributed by atoms with E-state index in [2.05, 4.69) is 12.2 Å². The fourth-order valence-electron chi connectivity index (χ4n) is 1.60. The van der Waals surface area contributed by atoms with Crippen LogP contribution in [0.15, 0.2) is 18.2 Å². The molecule has 102 valence electrons. The van der Waals surface area contributed by atoms with Crippen molar-refractivity contribution in [2.24, 2.45) is 0 Å². The molecule has 0 aliphatic carbocycles. The van der Waals surface area contributed by atoms with Crippen LogP contribution in [-0.4, -0.2) is 26.9 Å². The molecular weight excluding hydrogens is 250 g/mol. The highest BCUT2D eigenvalue weighted by Gasteiger charge is 2.07. The molecule has 0 saturated carbocycles. The average Bonchev–Trinajstić information content (AvgIpc) is 2.36. The highest BCUT2D eigenvalue weighted by atomic mass is 35.5. The van der Waals surface area contributed by atoms with E-state index in [1.54, 1.807) is 0 Å². The number of rotatable bonds is 9. The maximum absolute atomic E-state index is 6.13. The van der Waals surface area contributed by atoms with Gasteiger partial charge in [-0.1, -0.05) is 37.1 Å². The first-order valence-electron chi connectivity index (χ1n) is 6.42. The number of para-hydroxylation sites is 1. The van der Waals surface area contributed by atoms with E-state index in [0.29, 0.717) is 18.2 Å². The van der Waals surface area contributed by atoms with Crippen molar-refractivity contribution in [3.05, 3.63) is 28.8 Å². The number of nitrogens with one attached hydrogen (secondary N) is 1. The van der Waals surface area contributed by atoms with Gasteiger partial charge in [0.25, 0.3) is 0 Å². The minimum Gasteiger partial charge on any atom is -0.489 e. The molecule has 18 heavy (non-hydrogen) atoms. The first kappa shape index (κ1) is 15.3. The molecule has 0 unspecified atom stereocenters. The predicted molar refractivity (Wildman–Crippen MR) is 75.4 cm³/mol. The molecule has 0 radical (unpaired) electrons. The molecule has 0 bridgehead atoms. The Kier molecular flexibility index (Phi) is 7.81. The van der Waals surface area contributed by atoms with Gasteiger partial charge in [-0.15, -0.1) is 0 Å². The largest absolute Gasteiger partial charge is 0.489 e. The first-order chi connectivity index (χ1) is 8.79. The summed E-state index contributed by atoms with van der Waals surface area (Å²) < 4.78 is 11.2. The van der Waals surface area contributed by atoms with Crippen LogP contribution in [0.1, 0.15) is 25.3 Å². The minimum atomic E-state index is 0.532. The third-order valence-electron chi connectivity index (χ3n) is 2.53. The fourth-order valence-corrected chi connectivity index (χ4v) is 1.84. The SMILES string of the molecule is CCCCOCCOc1c(Cl)cccc1CNC. The lowest BCUT2D eigenvalue weighted by molar-refractivity contribution is 0.0977. The van der Waals surface area contributed by atoms with Crippen molar-refractivity contribution in [3.8, 4) is 5.75 Å². The van der Waals surface area contributed by atoms with E-state index in [1.165, 1.54) is 0 Å². The number of hydrogen-bond donors (Lipinski definition) is 1. The van der Waals surface area contributed by atoms with Crippen LogP contribution in [0.4, 0.5) is 0 Å². The summed E-state index contributed by atoms with van der Waals surface area (Å²) in [5, 5.41) is 3.75. The second-order valence-electron chi connectivity index (χ2n) is 4.07. The van der Waals surface area contributed by atoms with E-state index in [0.717, 1.165) is 37.3 Å². The number of benzene rings is 1. The van der Waals surface area contributed by atoms with Crippen LogP contribution in [-0.2, 0) is 11.3 Å². The van der Waals surface area contributed by atoms with Gasteiger partial charge in [0.2, 0.25) is 0 Å². The Morgan fingerprint density at radius 1 is 1.22 bits per heavy atom. The summed E-state index contributed by atoms with van der Waals surface area (Å²) in [6.45, 7) is 4.82. The maximum Gasteiger partial charge on any atom is 0.142 e. The van der Waals surface area contributed by atoms with Gasteiger partial charge in [-0.2, -0.15) is 0 Å². The van der Waals surface area contributed by atoms with Gasteiger partial charge in [0.05, 0.1) is 11.6 Å². The van der Waals surface area contributed by atoms with Crippen molar-refractivity contribution in [1.29, 1.82) is 0 Å². The average molecular weight is 272 g/mol. The van der Waals surface area contributed by atoms with Crippen LogP contribution in [0.5, 0.6) is 5.75 Å². The Balaban J connectivity index is 2.40. The molecule has 0 heterocycles. The standard InChI is InChI=1S/C14H22ClNO2/c1-3-4-8-17-9-10-18-14-12(11-16-2)6-5-7-13(14)15/h5-7,16H,3-4,8-11H2,1-2H3. The molecule has 0 aliphatic rings. The second-order valence-corrected chi connectivity index (χ2v) is 4.48. The molecule has 1 aromatic carbocycles. The molecule has 4 heteroatoms. The zero-order chi connectivity index (χ0) is 13.2. The molecule has 3 nitrogen and oxygen atoms in total. The van der Waals surface area contributed by atoms with E-state index < -0.39 is 0 Å². The van der Waals surface area contributed by atoms with Crippen molar-refractivity contribution in [2.45, 2.75) is 26.3 Å². The Bertz CT molecular complexity index is 345. The van der Waals surface area contributed by atoms with Crippen molar-refractivity contribution in [1.82, 2.24) is 5.32 Å². The number of hydrogen-bond acceptors (Lipinski definition) is 3. The summed E-state index contributed by atoms with van der Waals surface area (Å²) in [6, 6.07) is 5.78. The molecule has 1 rings (SSSR count). The van der Waals surface area contributed by atoms with Crippen LogP contribution in [0, 0.1) is 0 Å². The van der Waals surface area contributed by atoms with E-state index in [1.807, 2.05) is 25.2 Å². The van der Waals surface area contributed by atoms with E-state index >= 15 is 0 Å². The normalized spacial score (nSPS) is 10.6. The van der Waals surface area contributed by atoms with Gasteiger partial charge in [0.1, 0.15) is 12.4 Å². The summed E-state index contributed by atoms with van der Waals surface area (Å²) in [5.41, 5.74) is 1.07. The molecule has 1 aromatic rings. The molecule has 0 saturated heterocycles. The molecular formula is C14H22ClNO2. The van der Waals surface area contributed by atoms with Crippen molar-refractivity contribution in [3.63, 3.8) is 0 Å². The lowest BCUT2D eigenvalue weighted by Gasteiger charge is -2.13. The summed E-state index contributed by atoms with van der Waals surface area (Å²) in [4.78, 5) is 0. The van der Waals surface area contributed by atoms with Gasteiger partial charge >= 0.3 is 0 Å². The highest BCUT2D eigenvalue weighted by Crippen LogP contribution is 2.28. The van der Waals surface area contributed by atoms with E-state index in [-0.39, 0.29) is 0 Å². The monoisotopic (exact) mass is 271 g/mol. The molecule has 0 fully saturated rings. The summed E-state index contributed by atoms with van der Waals surface area (Å²) in [6.07, 6.45) is 2.24. The van der Waals surface area contributed by atoms with Crippen LogP contribution >= 0.6 is 11.6 Å². The lowest BCUT2D eigenvalue weighted by atomic mass is 10.2. The van der Waals surface area contributed by atoms with Gasteiger partial charge in [0, 0.05) is 18.7 Å². The zero-order valence-corrected chi connectivity index (χ0v) is 11.9. The molecule has 1 N–H and O–H groups in total. The van der Waals surface area contributed by atoms with Crippen LogP contribution in [0.3, 0.4) is 0 Å². The fraction of sp³-hybridized carbons (Fsp3) is 0.571. The Hall–Kier alpha value is -0.770. The van der Waals surface area contributed by atoms with Crippen LogP contribution in [0.2, 0.25) is 5.02 Å². The van der Waals surface area contributed by atoms with Gasteiger partial charge in [-0.3, -0.25) is 0 Å². The highest BCUT2D eigenvalue weighted by molar-refractivity contribution is 6.32. The Morgan fingerprint density at radius 3 is 2.78 bits per heavy atom.